The molecule has 1 saturated carbocycles. The number of aliphatic carboxylic acids is 1. The number of imidazole rings is 1. The maximum Gasteiger partial charge on any atom is 0.407 e. The fraction of sp³-hybridized carbons (Fsp3) is 0.296. The molecule has 37 heavy (non-hydrogen) atoms. The summed E-state index contributed by atoms with van der Waals surface area (Å²) >= 11 is 0. The first-order chi connectivity index (χ1) is 17.6. The Morgan fingerprint density at radius 2 is 1.89 bits per heavy atom. The van der Waals surface area contributed by atoms with Crippen molar-refractivity contribution in [3.8, 4) is 17.1 Å². The van der Waals surface area contributed by atoms with Crippen LogP contribution in [0.2, 0.25) is 0 Å². The molecule has 3 aromatic heterocycles. The first-order valence-corrected chi connectivity index (χ1v) is 12.0. The number of ether oxygens (including phenoxy) is 1. The van der Waals surface area contributed by atoms with Gasteiger partial charge in [-0.15, -0.1) is 0 Å². The second-order valence-corrected chi connectivity index (χ2v) is 10.1. The number of anilines is 1. The number of pyridine rings is 2. The van der Waals surface area contributed by atoms with Gasteiger partial charge in [-0.25, -0.2) is 19.7 Å². The van der Waals surface area contributed by atoms with Gasteiger partial charge >= 0.3 is 12.1 Å². The van der Waals surface area contributed by atoms with E-state index in [4.69, 9.17) is 20.4 Å². The molecule has 4 aromatic rings. The summed E-state index contributed by atoms with van der Waals surface area (Å²) in [6.45, 7) is 5.75. The van der Waals surface area contributed by atoms with Crippen LogP contribution in [0, 0.1) is 5.92 Å². The molecule has 0 saturated heterocycles. The Bertz CT molecular complexity index is 1490. The predicted octanol–water partition coefficient (Wildman–Crippen LogP) is 4.28. The molecule has 0 bridgehead atoms. The van der Waals surface area contributed by atoms with E-state index in [0.29, 0.717) is 41.3 Å². The molecule has 1 aliphatic carbocycles. The third-order valence-corrected chi connectivity index (χ3v) is 6.12. The van der Waals surface area contributed by atoms with E-state index in [2.05, 4.69) is 10.3 Å². The lowest BCUT2D eigenvalue weighted by atomic mass is 10.2. The fourth-order valence-corrected chi connectivity index (χ4v) is 4.26. The number of carbonyl (C=O) groups excluding carboxylic acids is 1. The van der Waals surface area contributed by atoms with E-state index in [1.54, 1.807) is 12.3 Å². The number of carboxylic acids is 1. The van der Waals surface area contributed by atoms with Gasteiger partial charge in [0.15, 0.2) is 11.5 Å². The number of alkyl carbamates (subject to hydrolysis) is 1. The lowest BCUT2D eigenvalue weighted by Crippen LogP contribution is -2.32. The normalized spacial score (nSPS) is 16.9. The van der Waals surface area contributed by atoms with Crippen molar-refractivity contribution >= 4 is 29.0 Å². The molecule has 1 aromatic carbocycles. The molecule has 10 nitrogen and oxygen atoms in total. The molecule has 2 unspecified atom stereocenters. The molecule has 1 aliphatic rings. The minimum Gasteiger partial charge on any atom is -0.481 e. The largest absolute Gasteiger partial charge is 0.481 e. The molecule has 4 N–H and O–H groups in total. The summed E-state index contributed by atoms with van der Waals surface area (Å²) in [5.41, 5.74) is 9.95. The number of benzene rings is 1. The number of nitrogens with one attached hydrogen (secondary N) is 1. The summed E-state index contributed by atoms with van der Waals surface area (Å²) in [7, 11) is 0. The van der Waals surface area contributed by atoms with Crippen LogP contribution >= 0.6 is 0 Å². The molecule has 3 heterocycles. The van der Waals surface area contributed by atoms with Gasteiger partial charge in [0.1, 0.15) is 16.9 Å². The Hall–Kier alpha value is -4.47. The maximum atomic E-state index is 12.0. The lowest BCUT2D eigenvalue weighted by molar-refractivity contribution is -0.138. The molecule has 190 valence electrons. The van der Waals surface area contributed by atoms with Gasteiger partial charge in [-0.1, -0.05) is 12.1 Å². The molecular formula is C27H28N6O4. The van der Waals surface area contributed by atoms with Crippen molar-refractivity contribution in [2.75, 3.05) is 5.73 Å². The van der Waals surface area contributed by atoms with E-state index >= 15 is 0 Å². The van der Waals surface area contributed by atoms with Crippen LogP contribution in [0.15, 0.2) is 54.7 Å². The van der Waals surface area contributed by atoms with E-state index in [1.165, 1.54) is 0 Å². The third-order valence-electron chi connectivity index (χ3n) is 6.12. The summed E-state index contributed by atoms with van der Waals surface area (Å²) in [6.07, 6.45) is 1.71. The number of rotatable bonds is 6. The molecule has 0 radical (unpaired) electrons. The van der Waals surface area contributed by atoms with Crippen molar-refractivity contribution in [3.63, 3.8) is 0 Å². The van der Waals surface area contributed by atoms with Gasteiger partial charge in [-0.05, 0) is 69.2 Å². The number of amides is 1. The standard InChI is InChI=1S/C27H28N6O4/c1-27(2,3)37-26(36)30-14-15-6-8-16(9-7-15)33-23(17-5-4-12-29-22(17)28)32-21-11-10-20(31-24(21)33)18-13-19(18)25(34)35/h4-12,18-19H,13-14H2,1-3H3,(H2,28,29)(H,30,36)(H,34,35). The molecule has 0 aliphatic heterocycles. The van der Waals surface area contributed by atoms with E-state index in [9.17, 15) is 14.7 Å². The Balaban J connectivity index is 1.51. The second-order valence-electron chi connectivity index (χ2n) is 10.1. The summed E-state index contributed by atoms with van der Waals surface area (Å²) in [4.78, 5) is 37.3. The van der Waals surface area contributed by atoms with Crippen molar-refractivity contribution in [2.45, 2.75) is 45.3 Å². The second kappa shape index (κ2) is 9.20. The van der Waals surface area contributed by atoms with E-state index < -0.39 is 23.6 Å². The Labute approximate surface area is 213 Å². The highest BCUT2D eigenvalue weighted by atomic mass is 16.6. The van der Waals surface area contributed by atoms with Crippen LogP contribution in [0.3, 0.4) is 0 Å². The molecule has 5 rings (SSSR count). The summed E-state index contributed by atoms with van der Waals surface area (Å²) in [5.74, 6) is -0.411. The van der Waals surface area contributed by atoms with Crippen LogP contribution in [0.25, 0.3) is 28.2 Å². The first kappa shape index (κ1) is 24.2. The Morgan fingerprint density at radius 3 is 2.54 bits per heavy atom. The predicted molar refractivity (Wildman–Crippen MR) is 138 cm³/mol. The number of hydrogen-bond acceptors (Lipinski definition) is 7. The van der Waals surface area contributed by atoms with E-state index in [-0.39, 0.29) is 5.92 Å². The van der Waals surface area contributed by atoms with Crippen molar-refractivity contribution in [3.05, 3.63) is 66.0 Å². The molecule has 0 spiro atoms. The smallest absolute Gasteiger partial charge is 0.407 e. The number of nitrogens with two attached hydrogens (primary N) is 1. The molecule has 1 fully saturated rings. The lowest BCUT2D eigenvalue weighted by Gasteiger charge is -2.19. The van der Waals surface area contributed by atoms with Crippen molar-refractivity contribution in [1.82, 2.24) is 24.8 Å². The highest BCUT2D eigenvalue weighted by molar-refractivity contribution is 5.83. The van der Waals surface area contributed by atoms with Crippen LogP contribution in [-0.4, -0.2) is 42.3 Å². The van der Waals surface area contributed by atoms with Gasteiger partial charge in [0, 0.05) is 30.0 Å². The molecular weight excluding hydrogens is 472 g/mol. The zero-order valence-electron chi connectivity index (χ0n) is 20.8. The zero-order chi connectivity index (χ0) is 26.3. The monoisotopic (exact) mass is 500 g/mol. The highest BCUT2D eigenvalue weighted by Crippen LogP contribution is 2.47. The van der Waals surface area contributed by atoms with Crippen molar-refractivity contribution in [2.24, 2.45) is 5.92 Å². The van der Waals surface area contributed by atoms with Gasteiger partial charge in [-0.2, -0.15) is 0 Å². The van der Waals surface area contributed by atoms with Crippen LogP contribution in [0.4, 0.5) is 10.6 Å². The Kier molecular flexibility index (Phi) is 6.02. The number of hydrogen-bond donors (Lipinski definition) is 3. The van der Waals surface area contributed by atoms with Crippen LogP contribution in [0.1, 0.15) is 44.4 Å². The number of nitrogen functional groups attached to an aromatic ring is 1. The van der Waals surface area contributed by atoms with Gasteiger partial charge in [-0.3, -0.25) is 9.36 Å². The number of carboxylic acid groups (broad SMARTS) is 1. The van der Waals surface area contributed by atoms with Crippen LogP contribution in [-0.2, 0) is 16.1 Å². The summed E-state index contributed by atoms with van der Waals surface area (Å²) < 4.78 is 7.20. The van der Waals surface area contributed by atoms with Gasteiger partial charge in [0.25, 0.3) is 0 Å². The van der Waals surface area contributed by atoms with E-state index in [0.717, 1.165) is 16.9 Å². The Morgan fingerprint density at radius 1 is 1.14 bits per heavy atom. The van der Waals surface area contributed by atoms with Crippen LogP contribution < -0.4 is 11.1 Å². The molecule has 10 heteroatoms. The van der Waals surface area contributed by atoms with Gasteiger partial charge < -0.3 is 20.9 Å². The zero-order valence-corrected chi connectivity index (χ0v) is 20.8. The molecule has 1 amide bonds. The van der Waals surface area contributed by atoms with Crippen molar-refractivity contribution < 1.29 is 19.4 Å². The highest BCUT2D eigenvalue weighted by Gasteiger charge is 2.45. The van der Waals surface area contributed by atoms with Crippen molar-refractivity contribution in [1.29, 1.82) is 0 Å². The van der Waals surface area contributed by atoms with Gasteiger partial charge in [0.2, 0.25) is 0 Å². The quantitative estimate of drug-likeness (QED) is 0.356. The topological polar surface area (TPSA) is 145 Å². The number of nitrogens with zero attached hydrogens (tertiary/aromatic N) is 4. The number of fused-ring (bicyclic) bond motifs is 1. The van der Waals surface area contributed by atoms with Gasteiger partial charge in [0.05, 0.1) is 11.5 Å². The first-order valence-electron chi connectivity index (χ1n) is 12.0. The minimum atomic E-state index is -0.806. The summed E-state index contributed by atoms with van der Waals surface area (Å²) in [5, 5.41) is 12.1. The fourth-order valence-electron chi connectivity index (χ4n) is 4.26. The van der Waals surface area contributed by atoms with Crippen LogP contribution in [0.5, 0.6) is 0 Å². The molecule has 2 atom stereocenters. The summed E-state index contributed by atoms with van der Waals surface area (Å²) in [6, 6.07) is 15.0. The minimum absolute atomic E-state index is 0.113. The SMILES string of the molecule is CC(C)(C)OC(=O)NCc1ccc(-n2c(-c3cccnc3N)nc3ccc(C4CC4C(=O)O)nc32)cc1. The van der Waals surface area contributed by atoms with E-state index in [1.807, 2.05) is 67.8 Å². The average Bonchev–Trinajstić information content (AvgIpc) is 3.57. The maximum absolute atomic E-state index is 12.0. The third kappa shape index (κ3) is 5.09. The number of aromatic nitrogens is 4. The average molecular weight is 501 g/mol. The number of carbonyl (C=O) groups is 2.